The fourth-order valence-electron chi connectivity index (χ4n) is 10.2. The Morgan fingerprint density at radius 3 is 2.25 bits per heavy atom. The summed E-state index contributed by atoms with van der Waals surface area (Å²) in [5.74, 6) is 4.75. The monoisotopic (exact) mass is 844 g/mol. The lowest BCUT2D eigenvalue weighted by Crippen LogP contribution is -2.58. The maximum Gasteiger partial charge on any atom is 0.324 e. The number of hydrogen-bond acceptors (Lipinski definition) is 10. The summed E-state index contributed by atoms with van der Waals surface area (Å²) >= 11 is 0. The summed E-state index contributed by atoms with van der Waals surface area (Å²) < 4.78 is 17.7. The lowest BCUT2D eigenvalue weighted by molar-refractivity contribution is -0.179. The number of nitrogens with two attached hydrogens (primary N) is 1. The van der Waals surface area contributed by atoms with Crippen molar-refractivity contribution >= 4 is 29.5 Å². The summed E-state index contributed by atoms with van der Waals surface area (Å²) in [5.41, 5.74) is 8.34. The van der Waals surface area contributed by atoms with Gasteiger partial charge in [-0.15, -0.1) is 0 Å². The number of fused-ring (bicyclic) bond motifs is 4. The van der Waals surface area contributed by atoms with Crippen LogP contribution in [0.25, 0.3) is 0 Å². The van der Waals surface area contributed by atoms with E-state index >= 15 is 14.4 Å². The fourth-order valence-corrected chi connectivity index (χ4v) is 10.2. The number of urea groups is 1. The Labute approximate surface area is 363 Å². The van der Waals surface area contributed by atoms with Crippen molar-refractivity contribution in [3.8, 4) is 29.1 Å². The molecule has 3 saturated heterocycles. The first-order valence-corrected chi connectivity index (χ1v) is 21.0. The van der Waals surface area contributed by atoms with Gasteiger partial charge in [0.25, 0.3) is 0 Å². The van der Waals surface area contributed by atoms with Crippen molar-refractivity contribution in [2.45, 2.75) is 36.2 Å². The average molecular weight is 845 g/mol. The standard InChI is InChI=1S/C49H44N6O8/c50-48(60)51-21-7-8-30-13-19-37-36(26-30)49(47(59)52-37)40(45(57)54-24-22-53(23-25-54)28-31-14-20-38-39(27-31)62-29-61-38)42-46(58)63-43(33-11-5-2-6-12-33)41(32-9-3-1-4-10-32)55(42)44(49)34-15-17-35(56)18-16-34/h1-6,9-20,26-27,40-44,56H,21-25,28-29H2,(H,52,59)(H3,50,51,60). The van der Waals surface area contributed by atoms with Crippen molar-refractivity contribution in [3.05, 3.63) is 155 Å². The van der Waals surface area contributed by atoms with Gasteiger partial charge in [-0.25, -0.2) is 4.79 Å². The number of morpholine rings is 1. The van der Waals surface area contributed by atoms with Crippen LogP contribution in [0.1, 0.15) is 51.6 Å². The van der Waals surface area contributed by atoms with E-state index in [2.05, 4.69) is 27.4 Å². The molecule has 0 radical (unpaired) electrons. The molecule has 5 aliphatic heterocycles. The van der Waals surface area contributed by atoms with Crippen LogP contribution < -0.4 is 25.8 Å². The van der Waals surface area contributed by atoms with Crippen molar-refractivity contribution in [1.82, 2.24) is 20.0 Å². The van der Waals surface area contributed by atoms with E-state index in [9.17, 15) is 9.90 Å². The molecular weight excluding hydrogens is 801 g/mol. The number of aromatic hydroxyl groups is 1. The predicted molar refractivity (Wildman–Crippen MR) is 230 cm³/mol. The quantitative estimate of drug-likeness (QED) is 0.132. The smallest absolute Gasteiger partial charge is 0.324 e. The number of rotatable bonds is 7. The summed E-state index contributed by atoms with van der Waals surface area (Å²) in [6, 6.07) is 33.5. The minimum atomic E-state index is -1.71. The number of phenols is 1. The van der Waals surface area contributed by atoms with Crippen LogP contribution in [0.5, 0.6) is 17.2 Å². The van der Waals surface area contributed by atoms with E-state index in [4.69, 9.17) is 19.9 Å². The van der Waals surface area contributed by atoms with Gasteiger partial charge in [-0.3, -0.25) is 24.2 Å². The van der Waals surface area contributed by atoms with Gasteiger partial charge >= 0.3 is 12.0 Å². The molecule has 3 fully saturated rings. The molecule has 5 N–H and O–H groups in total. The lowest BCUT2D eigenvalue weighted by atomic mass is 9.65. The number of carbonyl (C=O) groups excluding carboxylic acids is 4. The van der Waals surface area contributed by atoms with Gasteiger partial charge in [0.2, 0.25) is 18.6 Å². The number of ether oxygens (including phenoxy) is 3. The highest BCUT2D eigenvalue weighted by molar-refractivity contribution is 6.12. The average Bonchev–Trinajstić information content (AvgIpc) is 3.98. The first kappa shape index (κ1) is 39.8. The molecule has 5 heterocycles. The van der Waals surface area contributed by atoms with Crippen LogP contribution in [-0.2, 0) is 31.1 Å². The Bertz CT molecular complexity index is 2660. The second-order valence-corrected chi connectivity index (χ2v) is 16.4. The van der Waals surface area contributed by atoms with Gasteiger partial charge in [0.15, 0.2) is 11.5 Å². The van der Waals surface area contributed by atoms with Gasteiger partial charge in [-0.05, 0) is 70.3 Å². The van der Waals surface area contributed by atoms with Crippen molar-refractivity contribution in [2.75, 3.05) is 44.8 Å². The maximum absolute atomic E-state index is 15.8. The minimum Gasteiger partial charge on any atom is -0.508 e. The van der Waals surface area contributed by atoms with E-state index in [0.717, 1.165) is 16.7 Å². The van der Waals surface area contributed by atoms with Crippen LogP contribution in [0.15, 0.2) is 121 Å². The van der Waals surface area contributed by atoms with Gasteiger partial charge in [0.1, 0.15) is 23.3 Å². The molecule has 6 atom stereocenters. The van der Waals surface area contributed by atoms with E-state index in [1.807, 2.05) is 83.8 Å². The predicted octanol–water partition coefficient (Wildman–Crippen LogP) is 4.76. The number of phenolic OH excluding ortho intramolecular Hbond substituents is 1. The molecule has 5 aliphatic rings. The van der Waals surface area contributed by atoms with E-state index in [1.54, 1.807) is 47.4 Å². The third kappa shape index (κ3) is 6.95. The molecule has 318 valence electrons. The normalized spacial score (nSPS) is 24.8. The zero-order valence-electron chi connectivity index (χ0n) is 34.1. The molecule has 6 unspecified atom stereocenters. The van der Waals surface area contributed by atoms with Crippen LogP contribution in [0.4, 0.5) is 10.5 Å². The Morgan fingerprint density at radius 1 is 0.810 bits per heavy atom. The number of anilines is 1. The summed E-state index contributed by atoms with van der Waals surface area (Å²) in [4.78, 5) is 64.0. The van der Waals surface area contributed by atoms with Crippen LogP contribution >= 0.6 is 0 Å². The second-order valence-electron chi connectivity index (χ2n) is 16.4. The molecule has 63 heavy (non-hydrogen) atoms. The molecule has 5 aromatic rings. The molecule has 14 heteroatoms. The van der Waals surface area contributed by atoms with E-state index < -0.39 is 53.5 Å². The highest BCUT2D eigenvalue weighted by Gasteiger charge is 2.74. The third-order valence-electron chi connectivity index (χ3n) is 12.9. The molecule has 0 saturated carbocycles. The Hall–Kier alpha value is -7.34. The topological polar surface area (TPSA) is 176 Å². The number of hydrogen-bond donors (Lipinski definition) is 4. The van der Waals surface area contributed by atoms with E-state index in [-0.39, 0.29) is 25.0 Å². The first-order valence-electron chi connectivity index (χ1n) is 21.0. The number of primary amides is 1. The summed E-state index contributed by atoms with van der Waals surface area (Å²) in [7, 11) is 0. The maximum atomic E-state index is 15.8. The number of nitrogens with one attached hydrogen (secondary N) is 2. The summed E-state index contributed by atoms with van der Waals surface area (Å²) in [6.45, 7) is 2.61. The number of esters is 1. The van der Waals surface area contributed by atoms with Gasteiger partial charge in [-0.1, -0.05) is 90.7 Å². The van der Waals surface area contributed by atoms with Crippen molar-refractivity contribution in [3.63, 3.8) is 0 Å². The molecule has 1 spiro atoms. The summed E-state index contributed by atoms with van der Waals surface area (Å²) in [6.07, 6.45) is -0.818. The molecule has 4 amide bonds. The first-order chi connectivity index (χ1) is 30.7. The SMILES string of the molecule is NC(=O)NCC#Cc1ccc2c(c1)C1(C(=O)N2)C(C(=O)N2CCN(Cc3ccc4c(c3)OCO4)CC2)C2C(=O)OC(c3ccccc3)C(c3ccccc3)N2C1c1ccc(O)cc1. The Morgan fingerprint density at radius 2 is 1.52 bits per heavy atom. The molecule has 5 aromatic carbocycles. The number of piperazine rings is 1. The zero-order chi connectivity index (χ0) is 43.2. The number of benzene rings is 5. The van der Waals surface area contributed by atoms with E-state index in [0.29, 0.717) is 66.6 Å². The highest BCUT2D eigenvalue weighted by atomic mass is 16.7. The van der Waals surface area contributed by atoms with Crippen molar-refractivity contribution in [2.24, 2.45) is 11.7 Å². The van der Waals surface area contributed by atoms with Crippen LogP contribution in [0.2, 0.25) is 0 Å². The van der Waals surface area contributed by atoms with Gasteiger partial charge in [-0.2, -0.15) is 0 Å². The number of carbonyl (C=O) groups is 4. The van der Waals surface area contributed by atoms with Crippen molar-refractivity contribution < 1.29 is 38.5 Å². The van der Waals surface area contributed by atoms with Gasteiger partial charge < -0.3 is 40.6 Å². The molecule has 0 aromatic heterocycles. The third-order valence-corrected chi connectivity index (χ3v) is 12.9. The van der Waals surface area contributed by atoms with Crippen LogP contribution in [-0.4, -0.2) is 89.2 Å². The van der Waals surface area contributed by atoms with Crippen molar-refractivity contribution in [1.29, 1.82) is 0 Å². The number of amides is 4. The zero-order valence-corrected chi connectivity index (χ0v) is 34.1. The van der Waals surface area contributed by atoms with Crippen LogP contribution in [0, 0.1) is 17.8 Å². The molecule has 14 nitrogen and oxygen atoms in total. The molecule has 0 aliphatic carbocycles. The summed E-state index contributed by atoms with van der Waals surface area (Å²) in [5, 5.41) is 16.2. The molecule has 0 bridgehead atoms. The van der Waals surface area contributed by atoms with E-state index in [1.165, 1.54) is 0 Å². The number of cyclic esters (lactones) is 1. The highest BCUT2D eigenvalue weighted by Crippen LogP contribution is 2.65. The Balaban J connectivity index is 1.12. The fraction of sp³-hybridized carbons (Fsp3) is 0.265. The molecular formula is C49H44N6O8. The largest absolute Gasteiger partial charge is 0.508 e. The Kier molecular flexibility index (Phi) is 10.2. The second kappa shape index (κ2) is 16.2. The molecule has 10 rings (SSSR count). The minimum absolute atomic E-state index is 0.00600. The van der Waals surface area contributed by atoms with Gasteiger partial charge in [0, 0.05) is 44.0 Å². The number of nitrogens with zero attached hydrogens (tertiary/aromatic N) is 3. The van der Waals surface area contributed by atoms with Gasteiger partial charge in [0.05, 0.1) is 24.5 Å². The lowest BCUT2D eigenvalue weighted by Gasteiger charge is -2.46. The van der Waals surface area contributed by atoms with Crippen LogP contribution in [0.3, 0.4) is 0 Å².